The second-order valence-corrected chi connectivity index (χ2v) is 5.03. The third-order valence-corrected chi connectivity index (χ3v) is 3.26. The highest BCUT2D eigenvalue weighted by Gasteiger charge is 2.14. The molecule has 2 N–H and O–H groups in total. The molecule has 16 heavy (non-hydrogen) atoms. The van der Waals surface area contributed by atoms with Crippen molar-refractivity contribution in [2.24, 2.45) is 5.92 Å². The van der Waals surface area contributed by atoms with Gasteiger partial charge in [0.25, 0.3) is 0 Å². The molecule has 0 aromatic rings. The number of hydrogen-bond donors (Lipinski definition) is 2. The van der Waals surface area contributed by atoms with E-state index in [1.807, 2.05) is 7.05 Å². The van der Waals surface area contributed by atoms with Crippen molar-refractivity contribution in [3.8, 4) is 0 Å². The van der Waals surface area contributed by atoms with E-state index in [4.69, 9.17) is 0 Å². The summed E-state index contributed by atoms with van der Waals surface area (Å²) >= 11 is 0. The zero-order valence-electron chi connectivity index (χ0n) is 10.8. The Bertz CT molecular complexity index is 212. The second-order valence-electron chi connectivity index (χ2n) is 5.03. The molecule has 1 atom stereocenters. The summed E-state index contributed by atoms with van der Waals surface area (Å²) in [4.78, 5) is 13.7. The molecular formula is C12H25N3O. The second kappa shape index (κ2) is 6.86. The monoisotopic (exact) mass is 227 g/mol. The molecule has 0 aromatic heterocycles. The van der Waals surface area contributed by atoms with E-state index in [9.17, 15) is 4.79 Å². The van der Waals surface area contributed by atoms with Gasteiger partial charge in [-0.05, 0) is 52.7 Å². The molecule has 1 saturated heterocycles. The summed E-state index contributed by atoms with van der Waals surface area (Å²) in [5, 5.41) is 6.37. The maximum atomic E-state index is 11.6. The van der Waals surface area contributed by atoms with Gasteiger partial charge in [-0.3, -0.25) is 9.69 Å². The Kier molecular flexibility index (Phi) is 5.77. The first kappa shape index (κ1) is 13.5. The fraction of sp³-hybridized carbons (Fsp3) is 0.917. The maximum absolute atomic E-state index is 11.6. The molecule has 0 radical (unpaired) electrons. The molecule has 4 heteroatoms. The molecule has 1 amide bonds. The number of hydrogen-bond acceptors (Lipinski definition) is 3. The van der Waals surface area contributed by atoms with Crippen LogP contribution in [0.15, 0.2) is 0 Å². The Balaban J connectivity index is 2.14. The predicted octanol–water partition coefficient (Wildman–Crippen LogP) is 0.442. The van der Waals surface area contributed by atoms with E-state index < -0.39 is 0 Å². The van der Waals surface area contributed by atoms with E-state index in [0.29, 0.717) is 18.5 Å². The number of piperidine rings is 1. The largest absolute Gasteiger partial charge is 0.355 e. The van der Waals surface area contributed by atoms with Gasteiger partial charge < -0.3 is 10.6 Å². The van der Waals surface area contributed by atoms with Gasteiger partial charge in [0.2, 0.25) is 5.91 Å². The van der Waals surface area contributed by atoms with Gasteiger partial charge in [0, 0.05) is 12.6 Å². The van der Waals surface area contributed by atoms with Crippen LogP contribution >= 0.6 is 0 Å². The van der Waals surface area contributed by atoms with E-state index in [1.54, 1.807) is 0 Å². The Morgan fingerprint density at radius 2 is 2.31 bits per heavy atom. The summed E-state index contributed by atoms with van der Waals surface area (Å²) in [7, 11) is 1.98. The van der Waals surface area contributed by atoms with Gasteiger partial charge in [-0.2, -0.15) is 0 Å². The molecule has 94 valence electrons. The number of amides is 1. The first-order valence-corrected chi connectivity index (χ1v) is 6.27. The summed E-state index contributed by atoms with van der Waals surface area (Å²) in [6, 6.07) is 0.419. The van der Waals surface area contributed by atoms with Gasteiger partial charge >= 0.3 is 0 Å². The summed E-state index contributed by atoms with van der Waals surface area (Å²) in [6.07, 6.45) is 2.46. The average molecular weight is 227 g/mol. The van der Waals surface area contributed by atoms with E-state index in [1.165, 1.54) is 12.8 Å². The molecule has 0 aliphatic carbocycles. The molecule has 1 fully saturated rings. The fourth-order valence-corrected chi connectivity index (χ4v) is 1.82. The number of nitrogens with one attached hydrogen (secondary N) is 2. The van der Waals surface area contributed by atoms with Crippen LogP contribution in [0.2, 0.25) is 0 Å². The molecule has 0 aromatic carbocycles. The smallest absolute Gasteiger partial charge is 0.234 e. The minimum atomic E-state index is 0.141. The van der Waals surface area contributed by atoms with Gasteiger partial charge in [0.15, 0.2) is 0 Å². The molecule has 1 aliphatic rings. The van der Waals surface area contributed by atoms with Crippen molar-refractivity contribution in [3.05, 3.63) is 0 Å². The van der Waals surface area contributed by atoms with Gasteiger partial charge in [-0.1, -0.05) is 0 Å². The van der Waals surface area contributed by atoms with Crippen molar-refractivity contribution >= 4 is 5.91 Å². The Hall–Kier alpha value is -0.610. The fourth-order valence-electron chi connectivity index (χ4n) is 1.82. The Labute approximate surface area is 98.8 Å². The van der Waals surface area contributed by atoms with Crippen LogP contribution in [-0.2, 0) is 4.79 Å². The standard InChI is InChI=1S/C12H25N3O/c1-10(2)15(3)9-12(16)14-8-11-5-4-6-13-7-11/h10-11,13H,4-9H2,1-3H3,(H,14,16). The van der Waals surface area contributed by atoms with Crippen molar-refractivity contribution in [1.82, 2.24) is 15.5 Å². The minimum Gasteiger partial charge on any atom is -0.355 e. The zero-order chi connectivity index (χ0) is 12.0. The first-order chi connectivity index (χ1) is 7.59. The normalized spacial score (nSPS) is 21.4. The lowest BCUT2D eigenvalue weighted by atomic mass is 10.00. The molecule has 1 rings (SSSR count). The number of rotatable bonds is 5. The number of carbonyl (C=O) groups excluding carboxylic acids is 1. The molecule has 4 nitrogen and oxygen atoms in total. The van der Waals surface area contributed by atoms with Crippen LogP contribution in [0.3, 0.4) is 0 Å². The van der Waals surface area contributed by atoms with E-state index >= 15 is 0 Å². The van der Waals surface area contributed by atoms with Crippen LogP contribution in [-0.4, -0.2) is 50.1 Å². The van der Waals surface area contributed by atoms with Crippen molar-refractivity contribution in [1.29, 1.82) is 0 Å². The van der Waals surface area contributed by atoms with Gasteiger partial charge in [-0.25, -0.2) is 0 Å². The van der Waals surface area contributed by atoms with E-state index in [-0.39, 0.29) is 5.91 Å². The highest BCUT2D eigenvalue weighted by Crippen LogP contribution is 2.08. The third-order valence-electron chi connectivity index (χ3n) is 3.26. The van der Waals surface area contributed by atoms with Gasteiger partial charge in [0.1, 0.15) is 0 Å². The van der Waals surface area contributed by atoms with Crippen molar-refractivity contribution < 1.29 is 4.79 Å². The summed E-state index contributed by atoms with van der Waals surface area (Å²) in [6.45, 7) is 7.67. The minimum absolute atomic E-state index is 0.141. The predicted molar refractivity (Wildman–Crippen MR) is 66.4 cm³/mol. The van der Waals surface area contributed by atoms with Crippen molar-refractivity contribution in [3.63, 3.8) is 0 Å². The molecule has 0 bridgehead atoms. The highest BCUT2D eigenvalue weighted by molar-refractivity contribution is 5.77. The lowest BCUT2D eigenvalue weighted by Crippen LogP contribution is -2.42. The zero-order valence-corrected chi connectivity index (χ0v) is 10.8. The van der Waals surface area contributed by atoms with Crippen LogP contribution in [0.4, 0.5) is 0 Å². The van der Waals surface area contributed by atoms with Crippen LogP contribution in [0, 0.1) is 5.92 Å². The van der Waals surface area contributed by atoms with Gasteiger partial charge in [0.05, 0.1) is 6.54 Å². The van der Waals surface area contributed by atoms with Gasteiger partial charge in [-0.15, -0.1) is 0 Å². The summed E-state index contributed by atoms with van der Waals surface area (Å²) in [5.41, 5.74) is 0. The Morgan fingerprint density at radius 3 is 2.88 bits per heavy atom. The van der Waals surface area contributed by atoms with Crippen LogP contribution < -0.4 is 10.6 Å². The number of carbonyl (C=O) groups is 1. The van der Waals surface area contributed by atoms with Crippen molar-refractivity contribution in [2.45, 2.75) is 32.7 Å². The molecule has 0 saturated carbocycles. The quantitative estimate of drug-likeness (QED) is 0.716. The number of likely N-dealkylation sites (N-methyl/N-ethyl adjacent to an activating group) is 1. The average Bonchev–Trinajstić information content (AvgIpc) is 2.27. The molecule has 1 unspecified atom stereocenters. The topological polar surface area (TPSA) is 44.4 Å². The molecule has 1 aliphatic heterocycles. The third kappa shape index (κ3) is 4.94. The Morgan fingerprint density at radius 1 is 1.56 bits per heavy atom. The lowest BCUT2D eigenvalue weighted by Gasteiger charge is -2.24. The summed E-state index contributed by atoms with van der Waals surface area (Å²) in [5.74, 6) is 0.754. The SMILES string of the molecule is CC(C)N(C)CC(=O)NCC1CCCNC1. The van der Waals surface area contributed by atoms with Crippen LogP contribution in [0.25, 0.3) is 0 Å². The highest BCUT2D eigenvalue weighted by atomic mass is 16.2. The molecular weight excluding hydrogens is 202 g/mol. The first-order valence-electron chi connectivity index (χ1n) is 6.27. The summed E-state index contributed by atoms with van der Waals surface area (Å²) < 4.78 is 0. The molecule has 0 spiro atoms. The molecule has 1 heterocycles. The van der Waals surface area contributed by atoms with Crippen LogP contribution in [0.1, 0.15) is 26.7 Å². The van der Waals surface area contributed by atoms with Crippen molar-refractivity contribution in [2.75, 3.05) is 33.2 Å². The van der Waals surface area contributed by atoms with E-state index in [0.717, 1.165) is 19.6 Å². The maximum Gasteiger partial charge on any atom is 0.234 e. The van der Waals surface area contributed by atoms with Crippen LogP contribution in [0.5, 0.6) is 0 Å². The van der Waals surface area contributed by atoms with E-state index in [2.05, 4.69) is 29.4 Å². The lowest BCUT2D eigenvalue weighted by molar-refractivity contribution is -0.122. The number of nitrogens with zero attached hydrogens (tertiary/aromatic N) is 1.